The molecule has 15 atom stereocenters. The number of H-pyrrole nitrogens is 1. The highest BCUT2D eigenvalue weighted by molar-refractivity contribution is 5.87. The summed E-state index contributed by atoms with van der Waals surface area (Å²) in [6.07, 6.45) is -5.00. The monoisotopic (exact) mass is 844 g/mol. The standard InChI is InChI=1S/C39H64N4O16/c1-3-4-5-6-7-8-9-10-11-12-13-14-15-16-25(47)41-28-32(52)29(49)23(56-38(28)59-37-27(40-21(2)45)31(51)30(50)24(20-44)57-37)19-22(46)35-33(53)34(54)36(58-35)43-18-17-26(48)42-39(43)55/h15-18,22-24,27-38,44,46,49-54H,3-14,19-20H2,1-2H3,(H,40,45)(H,41,47)(H,42,48,55)/b16-15+/t22-,23+,24+,27-,28-,29+,30-,31+,32-,33-,34+,35-,36-,37-,38-/m0/s1. The molecule has 0 aromatic carbocycles. The van der Waals surface area contributed by atoms with Gasteiger partial charge in [0.25, 0.3) is 5.56 Å². The second-order valence-corrected chi connectivity index (χ2v) is 15.6. The van der Waals surface area contributed by atoms with Gasteiger partial charge >= 0.3 is 5.69 Å². The Kier molecular flexibility index (Phi) is 19.6. The maximum absolute atomic E-state index is 13.1. The number of nitrogens with zero attached hydrogens (tertiary/aromatic N) is 1. The van der Waals surface area contributed by atoms with Gasteiger partial charge in [-0.1, -0.05) is 77.2 Å². The third kappa shape index (κ3) is 13.4. The molecule has 4 rings (SSSR count). The lowest BCUT2D eigenvalue weighted by Gasteiger charge is -2.47. The smallest absolute Gasteiger partial charge is 0.330 e. The van der Waals surface area contributed by atoms with Crippen LogP contribution in [-0.2, 0) is 28.5 Å². The Morgan fingerprint density at radius 1 is 0.797 bits per heavy atom. The molecule has 3 aliphatic rings. The van der Waals surface area contributed by atoms with Gasteiger partial charge in [-0.15, -0.1) is 0 Å². The van der Waals surface area contributed by atoms with Crippen LogP contribution in [0.2, 0.25) is 0 Å². The summed E-state index contributed by atoms with van der Waals surface area (Å²) < 4.78 is 24.1. The fraction of sp³-hybridized carbons (Fsp3) is 0.795. The number of aromatic nitrogens is 2. The maximum atomic E-state index is 13.1. The fourth-order valence-electron chi connectivity index (χ4n) is 7.68. The van der Waals surface area contributed by atoms with E-state index < -0.39 is 128 Å². The van der Waals surface area contributed by atoms with Crippen LogP contribution in [0.3, 0.4) is 0 Å². The molecule has 3 aliphatic heterocycles. The van der Waals surface area contributed by atoms with E-state index in [0.29, 0.717) is 6.42 Å². The van der Waals surface area contributed by atoms with Gasteiger partial charge in [-0.2, -0.15) is 0 Å². The molecular weight excluding hydrogens is 780 g/mol. The normalized spacial score (nSPS) is 34.2. The van der Waals surface area contributed by atoms with E-state index in [0.717, 1.165) is 49.4 Å². The molecule has 0 saturated carbocycles. The lowest BCUT2D eigenvalue weighted by Crippen LogP contribution is -2.68. The van der Waals surface area contributed by atoms with E-state index in [2.05, 4.69) is 17.6 Å². The average molecular weight is 845 g/mol. The number of rotatable bonds is 22. The molecule has 1 aromatic rings. The van der Waals surface area contributed by atoms with Crippen LogP contribution in [0.4, 0.5) is 0 Å². The number of carbonyl (C=O) groups excluding carboxylic acids is 2. The summed E-state index contributed by atoms with van der Waals surface area (Å²) >= 11 is 0. The highest BCUT2D eigenvalue weighted by Gasteiger charge is 2.53. The topological polar surface area (TPSA) is 312 Å². The van der Waals surface area contributed by atoms with E-state index in [4.69, 9.17) is 18.9 Å². The lowest BCUT2D eigenvalue weighted by molar-refractivity contribution is -0.346. The number of aliphatic hydroxyl groups is 8. The van der Waals surface area contributed by atoms with Crippen LogP contribution < -0.4 is 21.9 Å². The third-order valence-electron chi connectivity index (χ3n) is 11.0. The Labute approximate surface area is 342 Å². The van der Waals surface area contributed by atoms with Crippen molar-refractivity contribution < 1.29 is 69.4 Å². The predicted molar refractivity (Wildman–Crippen MR) is 207 cm³/mol. The van der Waals surface area contributed by atoms with Crippen LogP contribution in [-0.4, -0.2) is 155 Å². The number of aromatic amines is 1. The number of amides is 2. The van der Waals surface area contributed by atoms with Crippen LogP contribution in [0, 0.1) is 0 Å². The van der Waals surface area contributed by atoms with Crippen molar-refractivity contribution in [1.29, 1.82) is 0 Å². The summed E-state index contributed by atoms with van der Waals surface area (Å²) in [4.78, 5) is 51.1. The van der Waals surface area contributed by atoms with E-state index in [1.807, 2.05) is 4.98 Å². The van der Waals surface area contributed by atoms with E-state index in [1.54, 1.807) is 6.08 Å². The Balaban J connectivity index is 1.44. The van der Waals surface area contributed by atoms with Crippen molar-refractivity contribution in [2.75, 3.05) is 6.61 Å². The van der Waals surface area contributed by atoms with Gasteiger partial charge in [0.2, 0.25) is 11.8 Å². The molecule has 11 N–H and O–H groups in total. The zero-order valence-electron chi connectivity index (χ0n) is 33.7. The second kappa shape index (κ2) is 23.8. The summed E-state index contributed by atoms with van der Waals surface area (Å²) in [6.45, 7) is 2.55. The molecular formula is C39H64N4O16. The second-order valence-electron chi connectivity index (χ2n) is 15.6. The molecule has 0 bridgehead atoms. The van der Waals surface area contributed by atoms with Crippen molar-refractivity contribution in [3.05, 3.63) is 45.3 Å². The largest absolute Gasteiger partial charge is 0.394 e. The Bertz CT molecular complexity index is 1590. The van der Waals surface area contributed by atoms with Crippen LogP contribution in [0.15, 0.2) is 34.0 Å². The molecule has 3 saturated heterocycles. The molecule has 2 amide bonds. The molecule has 59 heavy (non-hydrogen) atoms. The van der Waals surface area contributed by atoms with Gasteiger partial charge in [0.15, 0.2) is 18.8 Å². The first-order valence-electron chi connectivity index (χ1n) is 20.7. The van der Waals surface area contributed by atoms with Crippen molar-refractivity contribution in [3.8, 4) is 0 Å². The van der Waals surface area contributed by atoms with Gasteiger partial charge in [-0.3, -0.25) is 23.9 Å². The van der Waals surface area contributed by atoms with Crippen molar-refractivity contribution in [1.82, 2.24) is 20.2 Å². The molecule has 0 radical (unpaired) electrons. The van der Waals surface area contributed by atoms with Crippen molar-refractivity contribution in [3.63, 3.8) is 0 Å². The third-order valence-corrected chi connectivity index (χ3v) is 11.0. The van der Waals surface area contributed by atoms with Crippen LogP contribution in [0.1, 0.15) is 104 Å². The average Bonchev–Trinajstić information content (AvgIpc) is 3.49. The van der Waals surface area contributed by atoms with Crippen molar-refractivity contribution in [2.24, 2.45) is 0 Å². The highest BCUT2D eigenvalue weighted by atomic mass is 16.8. The fourth-order valence-corrected chi connectivity index (χ4v) is 7.68. The van der Waals surface area contributed by atoms with Crippen LogP contribution in [0.5, 0.6) is 0 Å². The van der Waals surface area contributed by atoms with Crippen molar-refractivity contribution in [2.45, 2.75) is 189 Å². The van der Waals surface area contributed by atoms with Crippen LogP contribution in [0.25, 0.3) is 0 Å². The Hall–Kier alpha value is -3.12. The molecule has 3 fully saturated rings. The number of hydrogen-bond donors (Lipinski definition) is 11. The number of unbranched alkanes of at least 4 members (excludes halogenated alkanes) is 11. The van der Waals surface area contributed by atoms with Gasteiger partial charge in [0, 0.05) is 25.6 Å². The predicted octanol–water partition coefficient (Wildman–Crippen LogP) is -1.94. The summed E-state index contributed by atoms with van der Waals surface area (Å²) in [5.41, 5.74) is -1.68. The first-order chi connectivity index (χ1) is 28.2. The summed E-state index contributed by atoms with van der Waals surface area (Å²) in [5, 5.41) is 91.4. The maximum Gasteiger partial charge on any atom is 0.330 e. The molecule has 0 unspecified atom stereocenters. The van der Waals surface area contributed by atoms with E-state index in [-0.39, 0.29) is 0 Å². The minimum absolute atomic E-state index is 0.597. The summed E-state index contributed by atoms with van der Waals surface area (Å²) in [7, 11) is 0. The molecule has 336 valence electrons. The Morgan fingerprint density at radius 3 is 1.93 bits per heavy atom. The van der Waals surface area contributed by atoms with Gasteiger partial charge < -0.3 is 70.4 Å². The number of hydrogen-bond acceptors (Lipinski definition) is 16. The van der Waals surface area contributed by atoms with Crippen molar-refractivity contribution >= 4 is 11.8 Å². The quantitative estimate of drug-likeness (QED) is 0.0447. The SMILES string of the molecule is CCCCCCCCCCCCC/C=C/C(=O)N[C@@H]1[C@H](O[C@@H]2O[C@H](CO)[C@H](O)[C@H](O)[C@@H]2NC(C)=O)O[C@H](C[C@H](O)[C@@H]2O[C@H](n3ccc(=O)[nH]c3=O)[C@H](O)[C@@H]2O)[C@@H](O)[C@H]1O. The lowest BCUT2D eigenvalue weighted by atomic mass is 9.91. The van der Waals surface area contributed by atoms with Gasteiger partial charge in [-0.05, 0) is 18.9 Å². The molecule has 0 spiro atoms. The first-order valence-corrected chi connectivity index (χ1v) is 20.7. The van der Waals surface area contributed by atoms with Gasteiger partial charge in [0.05, 0.1) is 18.8 Å². The number of nitrogens with one attached hydrogen (secondary N) is 3. The molecule has 1 aromatic heterocycles. The summed E-state index contributed by atoms with van der Waals surface area (Å²) in [6, 6.07) is -2.01. The van der Waals surface area contributed by atoms with E-state index in [9.17, 15) is 60.0 Å². The zero-order chi connectivity index (χ0) is 43.2. The van der Waals surface area contributed by atoms with E-state index >= 15 is 0 Å². The summed E-state index contributed by atoms with van der Waals surface area (Å²) in [5.74, 6) is -1.35. The molecule has 4 heterocycles. The zero-order valence-corrected chi connectivity index (χ0v) is 33.7. The Morgan fingerprint density at radius 2 is 1.36 bits per heavy atom. The highest BCUT2D eigenvalue weighted by Crippen LogP contribution is 2.34. The molecule has 0 aliphatic carbocycles. The number of allylic oxidation sites excluding steroid dienone is 1. The molecule has 20 nitrogen and oxygen atoms in total. The first kappa shape index (κ1) is 48.5. The van der Waals surface area contributed by atoms with Gasteiger partial charge in [-0.25, -0.2) is 4.79 Å². The number of aliphatic hydroxyl groups excluding tert-OH is 8. The van der Waals surface area contributed by atoms with Gasteiger partial charge in [0.1, 0.15) is 60.9 Å². The number of ether oxygens (including phenoxy) is 4. The minimum atomic E-state index is -1.85. The van der Waals surface area contributed by atoms with Crippen LogP contribution >= 0.6 is 0 Å². The van der Waals surface area contributed by atoms with E-state index in [1.165, 1.54) is 51.0 Å². The number of carbonyl (C=O) groups is 2. The molecule has 20 heteroatoms. The minimum Gasteiger partial charge on any atom is -0.394 e.